The first-order valence-electron chi connectivity index (χ1n) is 5.81. The van der Waals surface area contributed by atoms with Crippen LogP contribution in [0.15, 0.2) is 42.9 Å². The van der Waals surface area contributed by atoms with E-state index in [2.05, 4.69) is 15.3 Å². The zero-order chi connectivity index (χ0) is 13.2. The summed E-state index contributed by atoms with van der Waals surface area (Å²) >= 11 is 0. The summed E-state index contributed by atoms with van der Waals surface area (Å²) in [6, 6.07) is 7.40. The number of rotatable bonds is 4. The van der Waals surface area contributed by atoms with Crippen molar-refractivity contribution in [3.8, 4) is 0 Å². The molecule has 0 saturated carbocycles. The lowest BCUT2D eigenvalue weighted by Gasteiger charge is -2.01. The van der Waals surface area contributed by atoms with Gasteiger partial charge in [-0.25, -0.2) is 9.78 Å². The molecule has 0 aliphatic carbocycles. The van der Waals surface area contributed by atoms with Crippen LogP contribution in [0.3, 0.4) is 0 Å². The Labute approximate surface area is 108 Å². The molecule has 6 nitrogen and oxygen atoms in total. The van der Waals surface area contributed by atoms with Crippen LogP contribution in [0.5, 0.6) is 0 Å². The fraction of sp³-hybridized carbons (Fsp3) is 0.0769. The molecule has 0 aliphatic rings. The largest absolute Gasteiger partial charge is 0.475 e. The minimum atomic E-state index is -1.03. The molecule has 0 unspecified atom stereocenters. The number of carboxylic acid groups (broad SMARTS) is 1. The molecule has 3 aromatic heterocycles. The number of carboxylic acids is 1. The Hall–Kier alpha value is -2.76. The van der Waals surface area contributed by atoms with Gasteiger partial charge in [0.15, 0.2) is 0 Å². The Morgan fingerprint density at radius 3 is 3.05 bits per heavy atom. The molecule has 19 heavy (non-hydrogen) atoms. The van der Waals surface area contributed by atoms with Gasteiger partial charge >= 0.3 is 5.97 Å². The van der Waals surface area contributed by atoms with Crippen molar-refractivity contribution in [2.24, 2.45) is 0 Å². The van der Waals surface area contributed by atoms with Crippen molar-refractivity contribution in [3.05, 3.63) is 54.4 Å². The van der Waals surface area contributed by atoms with Gasteiger partial charge in [0.1, 0.15) is 0 Å². The van der Waals surface area contributed by atoms with Crippen molar-refractivity contribution in [2.45, 2.75) is 6.54 Å². The van der Waals surface area contributed by atoms with Crippen LogP contribution in [0.4, 0.5) is 5.69 Å². The van der Waals surface area contributed by atoms with Gasteiger partial charge in [-0.15, -0.1) is 0 Å². The molecular formula is C13H12N4O2. The van der Waals surface area contributed by atoms with E-state index in [-0.39, 0.29) is 5.82 Å². The predicted molar refractivity (Wildman–Crippen MR) is 70.3 cm³/mol. The Morgan fingerprint density at radius 2 is 2.32 bits per heavy atom. The van der Waals surface area contributed by atoms with E-state index in [0.29, 0.717) is 12.2 Å². The molecule has 0 fully saturated rings. The molecule has 3 aromatic rings. The zero-order valence-corrected chi connectivity index (χ0v) is 10.00. The van der Waals surface area contributed by atoms with E-state index in [4.69, 9.17) is 5.11 Å². The Balaban J connectivity index is 1.97. The number of fused-ring (bicyclic) bond motifs is 1. The van der Waals surface area contributed by atoms with Crippen LogP contribution in [0.25, 0.3) is 5.52 Å². The minimum Gasteiger partial charge on any atom is -0.475 e. The van der Waals surface area contributed by atoms with Gasteiger partial charge in [-0.3, -0.25) is 4.40 Å². The Bertz CT molecular complexity index is 715. The van der Waals surface area contributed by atoms with Gasteiger partial charge in [0.25, 0.3) is 0 Å². The molecule has 96 valence electrons. The maximum Gasteiger partial charge on any atom is 0.372 e. The van der Waals surface area contributed by atoms with Gasteiger partial charge in [-0.05, 0) is 18.2 Å². The van der Waals surface area contributed by atoms with Crippen LogP contribution >= 0.6 is 0 Å². The van der Waals surface area contributed by atoms with Crippen molar-refractivity contribution in [1.82, 2.24) is 14.4 Å². The summed E-state index contributed by atoms with van der Waals surface area (Å²) in [5, 5.41) is 12.3. The van der Waals surface area contributed by atoms with Gasteiger partial charge in [0.05, 0.1) is 23.4 Å². The van der Waals surface area contributed by atoms with Crippen molar-refractivity contribution < 1.29 is 9.90 Å². The highest BCUT2D eigenvalue weighted by molar-refractivity contribution is 5.85. The molecule has 0 bridgehead atoms. The molecule has 0 amide bonds. The molecule has 0 aliphatic heterocycles. The summed E-state index contributed by atoms with van der Waals surface area (Å²) in [5.41, 5.74) is 2.44. The van der Waals surface area contributed by atoms with Crippen LogP contribution < -0.4 is 5.32 Å². The summed E-state index contributed by atoms with van der Waals surface area (Å²) in [4.78, 5) is 18.3. The zero-order valence-electron chi connectivity index (χ0n) is 10.00. The summed E-state index contributed by atoms with van der Waals surface area (Å²) in [6.45, 7) is 0.471. The van der Waals surface area contributed by atoms with Gasteiger partial charge < -0.3 is 15.4 Å². The van der Waals surface area contributed by atoms with Crippen molar-refractivity contribution >= 4 is 17.2 Å². The number of anilines is 1. The lowest BCUT2D eigenvalue weighted by Crippen LogP contribution is -2.03. The van der Waals surface area contributed by atoms with Gasteiger partial charge in [-0.1, -0.05) is 6.07 Å². The Morgan fingerprint density at radius 1 is 1.42 bits per heavy atom. The van der Waals surface area contributed by atoms with Crippen LogP contribution in [0.2, 0.25) is 0 Å². The van der Waals surface area contributed by atoms with Gasteiger partial charge in [0.2, 0.25) is 5.82 Å². The summed E-state index contributed by atoms with van der Waals surface area (Å²) in [7, 11) is 0. The third-order valence-corrected chi connectivity index (χ3v) is 2.87. The van der Waals surface area contributed by atoms with E-state index in [1.165, 1.54) is 0 Å². The van der Waals surface area contributed by atoms with Crippen molar-refractivity contribution in [3.63, 3.8) is 0 Å². The molecule has 0 spiro atoms. The second-order valence-corrected chi connectivity index (χ2v) is 4.10. The third kappa shape index (κ3) is 2.03. The average Bonchev–Trinajstić information content (AvgIpc) is 3.04. The highest BCUT2D eigenvalue weighted by Gasteiger charge is 2.15. The van der Waals surface area contributed by atoms with Gasteiger partial charge in [0, 0.05) is 18.6 Å². The molecule has 3 N–H and O–H groups in total. The molecular weight excluding hydrogens is 244 g/mol. The predicted octanol–water partition coefficient (Wildman–Crippen LogP) is 1.97. The smallest absolute Gasteiger partial charge is 0.372 e. The Kier molecular flexibility index (Phi) is 2.68. The minimum absolute atomic E-state index is 0.0291. The molecule has 0 saturated heterocycles. The van der Waals surface area contributed by atoms with Crippen LogP contribution in [-0.2, 0) is 6.54 Å². The fourth-order valence-corrected chi connectivity index (χ4v) is 2.00. The van der Waals surface area contributed by atoms with E-state index >= 15 is 0 Å². The number of nitrogens with one attached hydrogen (secondary N) is 2. The van der Waals surface area contributed by atoms with E-state index in [1.54, 1.807) is 16.7 Å². The van der Waals surface area contributed by atoms with E-state index in [0.717, 1.165) is 11.2 Å². The van der Waals surface area contributed by atoms with Crippen molar-refractivity contribution in [1.29, 1.82) is 0 Å². The van der Waals surface area contributed by atoms with Crippen LogP contribution in [0, 0.1) is 0 Å². The molecule has 0 radical (unpaired) electrons. The number of imidazole rings is 1. The number of aromatic nitrogens is 3. The molecule has 3 heterocycles. The van der Waals surface area contributed by atoms with E-state index < -0.39 is 5.97 Å². The second kappa shape index (κ2) is 4.49. The number of carbonyl (C=O) groups is 1. The number of H-pyrrole nitrogens is 1. The lowest BCUT2D eigenvalue weighted by molar-refractivity contribution is 0.0682. The SMILES string of the molecule is O=C(O)c1nc(CNc2cc[nH]c2)c2ccccn12. The molecule has 0 atom stereocenters. The van der Waals surface area contributed by atoms with E-state index in [1.807, 2.05) is 30.6 Å². The summed E-state index contributed by atoms with van der Waals surface area (Å²) < 4.78 is 1.58. The van der Waals surface area contributed by atoms with Crippen LogP contribution in [-0.4, -0.2) is 25.4 Å². The first kappa shape index (κ1) is 11.3. The lowest BCUT2D eigenvalue weighted by atomic mass is 10.3. The standard InChI is InChI=1S/C13H12N4O2/c18-13(19)12-16-10(8-15-9-4-5-14-7-9)11-3-1-2-6-17(11)12/h1-7,14-15H,8H2,(H,18,19). The maximum absolute atomic E-state index is 11.2. The maximum atomic E-state index is 11.2. The summed E-state index contributed by atoms with van der Waals surface area (Å²) in [6.07, 6.45) is 5.35. The molecule has 6 heteroatoms. The first-order chi connectivity index (χ1) is 9.25. The number of aromatic carboxylic acids is 1. The monoisotopic (exact) mass is 256 g/mol. The van der Waals surface area contributed by atoms with Crippen molar-refractivity contribution in [2.75, 3.05) is 5.32 Å². The second-order valence-electron chi connectivity index (χ2n) is 4.10. The molecule has 3 rings (SSSR count). The van der Waals surface area contributed by atoms with Gasteiger partial charge in [-0.2, -0.15) is 0 Å². The number of nitrogens with zero attached hydrogens (tertiary/aromatic N) is 2. The number of hydrogen-bond donors (Lipinski definition) is 3. The topological polar surface area (TPSA) is 82.4 Å². The summed E-state index contributed by atoms with van der Waals surface area (Å²) in [5.74, 6) is -1.00. The fourth-order valence-electron chi connectivity index (χ4n) is 2.00. The number of aromatic amines is 1. The third-order valence-electron chi connectivity index (χ3n) is 2.87. The highest BCUT2D eigenvalue weighted by Crippen LogP contribution is 2.15. The first-order valence-corrected chi connectivity index (χ1v) is 5.81. The van der Waals surface area contributed by atoms with Crippen LogP contribution in [0.1, 0.15) is 16.3 Å². The quantitative estimate of drug-likeness (QED) is 0.666. The number of hydrogen-bond acceptors (Lipinski definition) is 3. The average molecular weight is 256 g/mol. The number of pyridine rings is 1. The molecule has 0 aromatic carbocycles. The van der Waals surface area contributed by atoms with E-state index in [9.17, 15) is 4.79 Å². The normalized spacial score (nSPS) is 10.7. The highest BCUT2D eigenvalue weighted by atomic mass is 16.4.